The maximum absolute atomic E-state index is 12.6. The number of aromatic nitrogens is 4. The Morgan fingerprint density at radius 1 is 1.36 bits per heavy atom. The van der Waals surface area contributed by atoms with E-state index in [4.69, 9.17) is 0 Å². The van der Waals surface area contributed by atoms with E-state index in [-0.39, 0.29) is 11.2 Å². The van der Waals surface area contributed by atoms with Crippen LogP contribution in [0.5, 0.6) is 0 Å². The van der Waals surface area contributed by atoms with E-state index in [1.165, 1.54) is 24.6 Å². The first-order valence-corrected chi connectivity index (χ1v) is 9.91. The second-order valence-corrected chi connectivity index (χ2v) is 7.47. The Kier molecular flexibility index (Phi) is 6.07. The predicted octanol–water partition coefficient (Wildman–Crippen LogP) is 3.29. The van der Waals surface area contributed by atoms with Crippen molar-refractivity contribution in [2.75, 3.05) is 0 Å². The van der Waals surface area contributed by atoms with Crippen LogP contribution in [0.2, 0.25) is 0 Å². The molecule has 0 bridgehead atoms. The summed E-state index contributed by atoms with van der Waals surface area (Å²) in [4.78, 5) is 16.8. The SMILES string of the molecule is CC[C@@H](Sc1nnc(-c2cccnc2)n1CC)C(=O)NC1CCCC1. The third-order valence-electron chi connectivity index (χ3n) is 4.57. The Morgan fingerprint density at radius 3 is 2.80 bits per heavy atom. The van der Waals surface area contributed by atoms with Crippen molar-refractivity contribution in [3.05, 3.63) is 24.5 Å². The third kappa shape index (κ3) is 4.21. The van der Waals surface area contributed by atoms with Crippen LogP contribution in [0.15, 0.2) is 29.7 Å². The normalized spacial score (nSPS) is 16.1. The van der Waals surface area contributed by atoms with E-state index in [0.29, 0.717) is 6.04 Å². The summed E-state index contributed by atoms with van der Waals surface area (Å²) in [5.74, 6) is 0.914. The largest absolute Gasteiger partial charge is 0.352 e. The molecule has 1 fully saturated rings. The van der Waals surface area contributed by atoms with Crippen LogP contribution in [0.25, 0.3) is 11.4 Å². The van der Waals surface area contributed by atoms with Gasteiger partial charge in [0, 0.05) is 30.5 Å². The number of hydrogen-bond donors (Lipinski definition) is 1. The number of rotatable bonds is 7. The number of amides is 1. The van der Waals surface area contributed by atoms with E-state index in [9.17, 15) is 4.79 Å². The standard InChI is InChI=1S/C18H25N5OS/c1-3-15(17(24)20-14-9-5-6-10-14)25-18-22-21-16(23(18)4-2)13-8-7-11-19-12-13/h7-8,11-12,14-15H,3-6,9-10H2,1-2H3,(H,20,24)/t15-/m1/s1. The maximum Gasteiger partial charge on any atom is 0.233 e. The fourth-order valence-corrected chi connectivity index (χ4v) is 4.21. The average molecular weight is 359 g/mol. The van der Waals surface area contributed by atoms with Gasteiger partial charge >= 0.3 is 0 Å². The van der Waals surface area contributed by atoms with Gasteiger partial charge in [-0.2, -0.15) is 0 Å². The molecule has 134 valence electrons. The molecule has 1 atom stereocenters. The highest BCUT2D eigenvalue weighted by Gasteiger charge is 2.25. The van der Waals surface area contributed by atoms with Crippen LogP contribution < -0.4 is 5.32 Å². The summed E-state index contributed by atoms with van der Waals surface area (Å²) in [6.45, 7) is 4.85. The zero-order valence-corrected chi connectivity index (χ0v) is 15.6. The van der Waals surface area contributed by atoms with Gasteiger partial charge in [0.15, 0.2) is 11.0 Å². The van der Waals surface area contributed by atoms with Gasteiger partial charge in [-0.05, 0) is 38.3 Å². The number of carbonyl (C=O) groups excluding carboxylic acids is 1. The number of nitrogens with zero attached hydrogens (tertiary/aromatic N) is 4. The van der Waals surface area contributed by atoms with Gasteiger partial charge in [-0.15, -0.1) is 10.2 Å². The molecule has 0 radical (unpaired) electrons. The molecule has 7 heteroatoms. The lowest BCUT2D eigenvalue weighted by atomic mass is 10.2. The van der Waals surface area contributed by atoms with Crippen molar-refractivity contribution in [2.24, 2.45) is 0 Å². The van der Waals surface area contributed by atoms with Gasteiger partial charge in [-0.25, -0.2) is 0 Å². The number of thioether (sulfide) groups is 1. The quantitative estimate of drug-likeness (QED) is 0.768. The fourth-order valence-electron chi connectivity index (χ4n) is 3.18. The average Bonchev–Trinajstić information content (AvgIpc) is 3.29. The highest BCUT2D eigenvalue weighted by molar-refractivity contribution is 8.00. The first-order chi connectivity index (χ1) is 12.2. The summed E-state index contributed by atoms with van der Waals surface area (Å²) in [7, 11) is 0. The Balaban J connectivity index is 1.74. The summed E-state index contributed by atoms with van der Waals surface area (Å²) in [5, 5.41) is 12.5. The number of pyridine rings is 1. The number of carbonyl (C=O) groups is 1. The first kappa shape index (κ1) is 17.9. The molecular formula is C18H25N5OS. The molecule has 2 aromatic rings. The van der Waals surface area contributed by atoms with Crippen molar-refractivity contribution in [1.82, 2.24) is 25.1 Å². The summed E-state index contributed by atoms with van der Waals surface area (Å²) in [6.07, 6.45) is 8.93. The summed E-state index contributed by atoms with van der Waals surface area (Å²) >= 11 is 1.50. The van der Waals surface area contributed by atoms with Crippen LogP contribution in [0, 0.1) is 0 Å². The van der Waals surface area contributed by atoms with Crippen LogP contribution in [-0.4, -0.2) is 36.9 Å². The lowest BCUT2D eigenvalue weighted by Crippen LogP contribution is -2.38. The zero-order chi connectivity index (χ0) is 17.6. The highest BCUT2D eigenvalue weighted by Crippen LogP contribution is 2.28. The second kappa shape index (κ2) is 8.47. The predicted molar refractivity (Wildman–Crippen MR) is 99.3 cm³/mol. The molecule has 0 unspecified atom stereocenters. The Bertz CT molecular complexity index is 697. The smallest absolute Gasteiger partial charge is 0.233 e. The highest BCUT2D eigenvalue weighted by atomic mass is 32.2. The van der Waals surface area contributed by atoms with Crippen LogP contribution in [0.3, 0.4) is 0 Å². The summed E-state index contributed by atoms with van der Waals surface area (Å²) in [5.41, 5.74) is 0.937. The van der Waals surface area contributed by atoms with Gasteiger partial charge in [0.25, 0.3) is 0 Å². The molecule has 1 aliphatic carbocycles. The van der Waals surface area contributed by atoms with Gasteiger partial charge in [-0.1, -0.05) is 31.5 Å². The Labute approximate surface area is 152 Å². The minimum Gasteiger partial charge on any atom is -0.352 e. The van der Waals surface area contributed by atoms with E-state index in [1.807, 2.05) is 23.6 Å². The van der Waals surface area contributed by atoms with Gasteiger partial charge in [0.05, 0.1) is 5.25 Å². The third-order valence-corrected chi connectivity index (χ3v) is 5.91. The van der Waals surface area contributed by atoms with Crippen LogP contribution >= 0.6 is 11.8 Å². The van der Waals surface area contributed by atoms with Crippen molar-refractivity contribution in [3.8, 4) is 11.4 Å². The van der Waals surface area contributed by atoms with Crippen molar-refractivity contribution >= 4 is 17.7 Å². The Morgan fingerprint density at radius 2 is 2.16 bits per heavy atom. The van der Waals surface area contributed by atoms with Gasteiger partial charge in [0.2, 0.25) is 5.91 Å². The lowest BCUT2D eigenvalue weighted by Gasteiger charge is -2.18. The van der Waals surface area contributed by atoms with E-state index in [2.05, 4.69) is 27.4 Å². The molecule has 0 spiro atoms. The maximum atomic E-state index is 12.6. The molecule has 1 N–H and O–H groups in total. The second-order valence-electron chi connectivity index (χ2n) is 6.30. The monoisotopic (exact) mass is 359 g/mol. The molecule has 6 nitrogen and oxygen atoms in total. The molecule has 3 rings (SSSR count). The molecule has 25 heavy (non-hydrogen) atoms. The number of hydrogen-bond acceptors (Lipinski definition) is 5. The van der Waals surface area contributed by atoms with Crippen molar-refractivity contribution in [1.29, 1.82) is 0 Å². The topological polar surface area (TPSA) is 72.7 Å². The Hall–Kier alpha value is -1.89. The van der Waals surface area contributed by atoms with Crippen LogP contribution in [0.4, 0.5) is 0 Å². The number of nitrogens with one attached hydrogen (secondary N) is 1. The van der Waals surface area contributed by atoms with E-state index < -0.39 is 0 Å². The molecule has 2 heterocycles. The molecule has 0 aliphatic heterocycles. The van der Waals surface area contributed by atoms with Crippen molar-refractivity contribution in [2.45, 2.75) is 68.9 Å². The molecule has 1 saturated carbocycles. The van der Waals surface area contributed by atoms with Gasteiger partial charge in [-0.3, -0.25) is 9.78 Å². The summed E-state index contributed by atoms with van der Waals surface area (Å²) in [6, 6.07) is 4.21. The molecular weight excluding hydrogens is 334 g/mol. The molecule has 1 amide bonds. The zero-order valence-electron chi connectivity index (χ0n) is 14.8. The van der Waals surface area contributed by atoms with Gasteiger partial charge in [0.1, 0.15) is 0 Å². The van der Waals surface area contributed by atoms with Crippen LogP contribution in [0.1, 0.15) is 46.0 Å². The van der Waals surface area contributed by atoms with Crippen molar-refractivity contribution < 1.29 is 4.79 Å². The molecule has 2 aromatic heterocycles. The summed E-state index contributed by atoms with van der Waals surface area (Å²) < 4.78 is 2.05. The van der Waals surface area contributed by atoms with Crippen LogP contribution in [-0.2, 0) is 11.3 Å². The van der Waals surface area contributed by atoms with E-state index >= 15 is 0 Å². The molecule has 1 aliphatic rings. The van der Waals surface area contributed by atoms with E-state index in [1.54, 1.807) is 12.4 Å². The van der Waals surface area contributed by atoms with Crippen molar-refractivity contribution in [3.63, 3.8) is 0 Å². The minimum absolute atomic E-state index is 0.119. The first-order valence-electron chi connectivity index (χ1n) is 9.03. The van der Waals surface area contributed by atoms with Gasteiger partial charge < -0.3 is 9.88 Å². The minimum atomic E-state index is -0.142. The fraction of sp³-hybridized carbons (Fsp3) is 0.556. The van der Waals surface area contributed by atoms with E-state index in [0.717, 1.165) is 42.4 Å². The lowest BCUT2D eigenvalue weighted by molar-refractivity contribution is -0.121. The molecule has 0 aromatic carbocycles. The molecule has 0 saturated heterocycles.